The number of amides is 3. The van der Waals surface area contributed by atoms with Crippen molar-refractivity contribution in [3.8, 4) is 5.75 Å². The highest BCUT2D eigenvalue weighted by molar-refractivity contribution is 7.98. The molecular weight excluding hydrogens is 464 g/mol. The van der Waals surface area contributed by atoms with Crippen LogP contribution in [0.3, 0.4) is 0 Å². The van der Waals surface area contributed by atoms with Gasteiger partial charge in [-0.05, 0) is 48.8 Å². The number of nitrogens with two attached hydrogens (primary N) is 1. The van der Waals surface area contributed by atoms with Gasteiger partial charge in [-0.1, -0.05) is 23.7 Å². The third kappa shape index (κ3) is 6.94. The Hall–Kier alpha value is -2.63. The summed E-state index contributed by atoms with van der Waals surface area (Å²) in [6.07, 6.45) is 2.22. The first-order valence-electron chi connectivity index (χ1n) is 8.99. The van der Waals surface area contributed by atoms with Crippen molar-refractivity contribution in [2.45, 2.75) is 17.4 Å². The first kappa shape index (κ1) is 24.6. The number of rotatable bonds is 10. The smallest absolute Gasteiger partial charge is 0.312 e. The van der Waals surface area contributed by atoms with Crippen LogP contribution in [0.1, 0.15) is 6.42 Å². The van der Waals surface area contributed by atoms with Gasteiger partial charge in [-0.25, -0.2) is 13.2 Å². The first-order valence-corrected chi connectivity index (χ1v) is 12.2. The Bertz CT molecular complexity index is 1050. The molecule has 0 aliphatic heterocycles. The molecule has 5 N–H and O–H groups in total. The maximum absolute atomic E-state index is 13.0. The minimum absolute atomic E-state index is 0.0757. The summed E-state index contributed by atoms with van der Waals surface area (Å²) in [5, 5.41) is 5.21. The zero-order chi connectivity index (χ0) is 23.0. The fourth-order valence-electron chi connectivity index (χ4n) is 2.61. The number of hydrogen-bond donors (Lipinski definition) is 4. The van der Waals surface area contributed by atoms with Crippen molar-refractivity contribution >= 4 is 56.7 Å². The van der Waals surface area contributed by atoms with E-state index >= 15 is 0 Å². The Balaban J connectivity index is 2.31. The lowest BCUT2D eigenvalue weighted by Gasteiger charge is -2.18. The number of carbonyl (C=O) groups excluding carboxylic acids is 2. The molecule has 0 aromatic heterocycles. The number of ether oxygens (including phenoxy) is 1. The van der Waals surface area contributed by atoms with Gasteiger partial charge in [0.2, 0.25) is 5.91 Å². The van der Waals surface area contributed by atoms with Crippen molar-refractivity contribution in [1.29, 1.82) is 0 Å². The molecule has 2 aromatic carbocycles. The lowest BCUT2D eigenvalue weighted by molar-refractivity contribution is -0.117. The summed E-state index contributed by atoms with van der Waals surface area (Å²) in [7, 11) is -2.76. The van der Waals surface area contributed by atoms with E-state index in [4.69, 9.17) is 22.1 Å². The minimum atomic E-state index is -4.09. The van der Waals surface area contributed by atoms with Crippen LogP contribution in [-0.2, 0) is 14.8 Å². The van der Waals surface area contributed by atoms with E-state index in [0.29, 0.717) is 12.2 Å². The normalized spacial score (nSPS) is 12.0. The molecule has 168 valence electrons. The molecule has 0 bridgehead atoms. The number of nitrogens with one attached hydrogen (secondary N) is 3. The van der Waals surface area contributed by atoms with Gasteiger partial charge >= 0.3 is 6.03 Å². The van der Waals surface area contributed by atoms with Crippen molar-refractivity contribution in [3.63, 3.8) is 0 Å². The Kier molecular flexibility index (Phi) is 8.84. The summed E-state index contributed by atoms with van der Waals surface area (Å²) < 4.78 is 33.5. The van der Waals surface area contributed by atoms with Gasteiger partial charge in [0.1, 0.15) is 16.7 Å². The van der Waals surface area contributed by atoms with Crippen LogP contribution in [0, 0.1) is 0 Å². The van der Waals surface area contributed by atoms with Crippen molar-refractivity contribution in [1.82, 2.24) is 5.32 Å². The summed E-state index contributed by atoms with van der Waals surface area (Å²) in [5.74, 6) is 0.162. The van der Waals surface area contributed by atoms with Gasteiger partial charge in [0.05, 0.1) is 17.8 Å². The number of benzene rings is 2. The van der Waals surface area contributed by atoms with Crippen LogP contribution < -0.4 is 25.8 Å². The maximum atomic E-state index is 13.0. The van der Waals surface area contributed by atoms with Crippen LogP contribution in [0.5, 0.6) is 5.75 Å². The van der Waals surface area contributed by atoms with Crippen LogP contribution in [0.2, 0.25) is 5.02 Å². The van der Waals surface area contributed by atoms with Gasteiger partial charge in [-0.3, -0.25) is 9.52 Å². The Morgan fingerprint density at radius 1 is 1.23 bits per heavy atom. The van der Waals surface area contributed by atoms with E-state index in [2.05, 4.69) is 15.4 Å². The molecule has 9 nitrogen and oxygen atoms in total. The fourth-order valence-corrected chi connectivity index (χ4v) is 4.60. The summed E-state index contributed by atoms with van der Waals surface area (Å²) in [6.45, 7) is 0. The van der Waals surface area contributed by atoms with Crippen LogP contribution >= 0.6 is 23.4 Å². The van der Waals surface area contributed by atoms with E-state index in [1.165, 1.54) is 43.1 Å². The lowest BCUT2D eigenvalue weighted by atomic mass is 10.2. The predicted octanol–water partition coefficient (Wildman–Crippen LogP) is 2.88. The van der Waals surface area contributed by atoms with E-state index in [0.717, 1.165) is 0 Å². The lowest BCUT2D eigenvalue weighted by Crippen LogP contribution is -2.46. The molecule has 0 radical (unpaired) electrons. The van der Waals surface area contributed by atoms with Gasteiger partial charge in [0.25, 0.3) is 10.0 Å². The second kappa shape index (κ2) is 11.1. The zero-order valence-electron chi connectivity index (χ0n) is 16.8. The quantitative estimate of drug-likeness (QED) is 0.407. The predicted molar refractivity (Wildman–Crippen MR) is 123 cm³/mol. The van der Waals surface area contributed by atoms with Gasteiger partial charge < -0.3 is 21.1 Å². The van der Waals surface area contributed by atoms with Crippen molar-refractivity contribution in [2.24, 2.45) is 5.73 Å². The summed E-state index contributed by atoms with van der Waals surface area (Å²) in [5.41, 5.74) is 5.55. The molecule has 1 atom stereocenters. The third-order valence-electron chi connectivity index (χ3n) is 4.08. The SMILES string of the molecule is COc1ccc(NC(=O)[C@@H](CCSC)NC(N)=O)cc1S(=O)(=O)Nc1ccccc1Cl. The molecule has 0 aliphatic rings. The zero-order valence-corrected chi connectivity index (χ0v) is 19.2. The standard InChI is InChI=1S/C19H23ClN4O5S2/c1-29-16-8-7-12(22-18(25)15(9-10-30-2)23-19(21)26)11-17(16)31(27,28)24-14-6-4-3-5-13(14)20/h3-8,11,15,24H,9-10H2,1-2H3,(H,22,25)(H3,21,23,26)/t15-/m1/s1. The van der Waals surface area contributed by atoms with E-state index in [1.807, 2.05) is 6.26 Å². The topological polar surface area (TPSA) is 140 Å². The summed E-state index contributed by atoms with van der Waals surface area (Å²) >= 11 is 7.55. The van der Waals surface area contributed by atoms with E-state index in [-0.39, 0.29) is 27.0 Å². The molecule has 2 rings (SSSR count). The number of halogens is 1. The van der Waals surface area contributed by atoms with Gasteiger partial charge in [0, 0.05) is 5.69 Å². The number of para-hydroxylation sites is 1. The molecule has 2 aromatic rings. The highest BCUT2D eigenvalue weighted by Crippen LogP contribution is 2.30. The van der Waals surface area contributed by atoms with Crippen molar-refractivity contribution < 1.29 is 22.7 Å². The second-order valence-corrected chi connectivity index (χ2v) is 9.33. The first-order chi connectivity index (χ1) is 14.7. The van der Waals surface area contributed by atoms with E-state index in [9.17, 15) is 18.0 Å². The van der Waals surface area contributed by atoms with E-state index in [1.54, 1.807) is 18.2 Å². The highest BCUT2D eigenvalue weighted by Gasteiger charge is 2.24. The third-order valence-corrected chi connectivity index (χ3v) is 6.44. The number of carbonyl (C=O) groups is 2. The number of hydrogen-bond acceptors (Lipinski definition) is 6. The molecule has 31 heavy (non-hydrogen) atoms. The number of sulfonamides is 1. The molecule has 0 saturated heterocycles. The molecule has 12 heteroatoms. The van der Waals surface area contributed by atoms with Crippen molar-refractivity contribution in [2.75, 3.05) is 29.2 Å². The van der Waals surface area contributed by atoms with Crippen LogP contribution in [0.15, 0.2) is 47.4 Å². The van der Waals surface area contributed by atoms with Crippen LogP contribution in [0.25, 0.3) is 0 Å². The van der Waals surface area contributed by atoms with Crippen LogP contribution in [0.4, 0.5) is 16.2 Å². The number of primary amides is 1. The molecule has 0 aliphatic carbocycles. The maximum Gasteiger partial charge on any atom is 0.312 e. The average molecular weight is 487 g/mol. The molecule has 0 fully saturated rings. The van der Waals surface area contributed by atoms with E-state index < -0.39 is 28.0 Å². The fraction of sp³-hybridized carbons (Fsp3) is 0.263. The molecular formula is C19H23ClN4O5S2. The monoisotopic (exact) mass is 486 g/mol. The molecule has 0 unspecified atom stereocenters. The Morgan fingerprint density at radius 2 is 1.94 bits per heavy atom. The number of urea groups is 1. The Labute approximate surface area is 190 Å². The number of thioether (sulfide) groups is 1. The molecule has 0 saturated carbocycles. The highest BCUT2D eigenvalue weighted by atomic mass is 35.5. The summed E-state index contributed by atoms with van der Waals surface area (Å²) in [4.78, 5) is 23.6. The van der Waals surface area contributed by atoms with Gasteiger partial charge in [-0.2, -0.15) is 11.8 Å². The minimum Gasteiger partial charge on any atom is -0.495 e. The number of methoxy groups -OCH3 is 1. The molecule has 3 amide bonds. The average Bonchev–Trinajstić information content (AvgIpc) is 2.72. The number of anilines is 2. The van der Waals surface area contributed by atoms with Gasteiger partial charge in [0.15, 0.2) is 0 Å². The molecule has 0 heterocycles. The largest absolute Gasteiger partial charge is 0.495 e. The van der Waals surface area contributed by atoms with Gasteiger partial charge in [-0.15, -0.1) is 0 Å². The second-order valence-electron chi connectivity index (χ2n) is 6.28. The summed E-state index contributed by atoms with van der Waals surface area (Å²) in [6, 6.07) is 8.83. The van der Waals surface area contributed by atoms with Crippen molar-refractivity contribution in [3.05, 3.63) is 47.5 Å². The van der Waals surface area contributed by atoms with Crippen LogP contribution in [-0.4, -0.2) is 45.5 Å². The molecule has 0 spiro atoms. The Morgan fingerprint density at radius 3 is 2.55 bits per heavy atom.